The number of likely N-dealkylation sites (tertiary alicyclic amines) is 2. The molecule has 2 amide bonds. The largest absolute Gasteiger partial charge is 0.341 e. The summed E-state index contributed by atoms with van der Waals surface area (Å²) in [6.07, 6.45) is 19.6. The van der Waals surface area contributed by atoms with Gasteiger partial charge in [-0.3, -0.25) is 14.3 Å². The van der Waals surface area contributed by atoms with E-state index in [1.54, 1.807) is 6.33 Å². The number of amides is 2. The van der Waals surface area contributed by atoms with Crippen LogP contribution in [0.25, 0.3) is 0 Å². The van der Waals surface area contributed by atoms with Crippen molar-refractivity contribution in [3.63, 3.8) is 0 Å². The second-order valence-electron chi connectivity index (χ2n) is 13.7. The van der Waals surface area contributed by atoms with Crippen molar-refractivity contribution >= 4 is 23.4 Å². The number of benzene rings is 1. The standard InChI is InChI=1S/C34H49ClN6O2/c35-28-11-9-26(10-12-28)22-31(38-29-13-15-30(16-14-29)41-19-5-4-8-32(41)42)33(43)39-20-17-34(18-21-39,23-40-25-36-24-37-40)27-6-2-1-3-7-27/h9-12,24-25,27,29-31,38H,1-8,13-23H2/t29-,30-,31-/m1/s1. The molecule has 2 aliphatic carbocycles. The second-order valence-corrected chi connectivity index (χ2v) is 14.2. The molecular formula is C34H49ClN6O2. The van der Waals surface area contributed by atoms with E-state index < -0.39 is 0 Å². The molecule has 1 atom stereocenters. The van der Waals surface area contributed by atoms with Gasteiger partial charge in [0.1, 0.15) is 12.7 Å². The molecular weight excluding hydrogens is 560 g/mol. The Hall–Kier alpha value is -2.45. The summed E-state index contributed by atoms with van der Waals surface area (Å²) >= 11 is 6.19. The molecule has 2 saturated carbocycles. The van der Waals surface area contributed by atoms with Crippen LogP contribution < -0.4 is 5.32 Å². The van der Waals surface area contributed by atoms with Gasteiger partial charge in [0, 0.05) is 49.7 Å². The first-order valence-electron chi connectivity index (χ1n) is 16.9. The van der Waals surface area contributed by atoms with Crippen molar-refractivity contribution in [2.24, 2.45) is 11.3 Å². The number of hydrogen-bond donors (Lipinski definition) is 1. The minimum absolute atomic E-state index is 0.175. The SMILES string of the molecule is O=C([C@@H](Cc1ccc(Cl)cc1)N[C@H]1CC[C@H](N2CCCCC2=O)CC1)N1CCC(Cn2cncn2)(C2CCCCC2)CC1. The van der Waals surface area contributed by atoms with Gasteiger partial charge in [0.2, 0.25) is 11.8 Å². The van der Waals surface area contributed by atoms with Gasteiger partial charge in [0.05, 0.1) is 6.04 Å². The highest BCUT2D eigenvalue weighted by Gasteiger charge is 2.44. The molecule has 43 heavy (non-hydrogen) atoms. The summed E-state index contributed by atoms with van der Waals surface area (Å²) in [5.74, 6) is 1.24. The van der Waals surface area contributed by atoms with Gasteiger partial charge in [0.25, 0.3) is 0 Å². The fraction of sp³-hybridized carbons (Fsp3) is 0.706. The van der Waals surface area contributed by atoms with Crippen LogP contribution in [0.15, 0.2) is 36.9 Å². The van der Waals surface area contributed by atoms with Crippen LogP contribution in [-0.2, 0) is 22.6 Å². The van der Waals surface area contributed by atoms with Crippen LogP contribution in [0.3, 0.4) is 0 Å². The Balaban J connectivity index is 1.12. The van der Waals surface area contributed by atoms with Gasteiger partial charge in [-0.1, -0.05) is 43.0 Å². The predicted octanol–water partition coefficient (Wildman–Crippen LogP) is 5.65. The number of halogens is 1. The van der Waals surface area contributed by atoms with E-state index >= 15 is 0 Å². The third kappa shape index (κ3) is 7.44. The Morgan fingerprint density at radius 2 is 1.70 bits per heavy atom. The summed E-state index contributed by atoms with van der Waals surface area (Å²) in [7, 11) is 0. The van der Waals surface area contributed by atoms with Gasteiger partial charge < -0.3 is 15.1 Å². The second kappa shape index (κ2) is 14.1. The van der Waals surface area contributed by atoms with Gasteiger partial charge in [-0.2, -0.15) is 5.10 Å². The molecule has 0 radical (unpaired) electrons. The zero-order valence-electron chi connectivity index (χ0n) is 25.6. The van der Waals surface area contributed by atoms with Crippen molar-refractivity contribution < 1.29 is 9.59 Å². The van der Waals surface area contributed by atoms with Crippen molar-refractivity contribution in [1.82, 2.24) is 29.9 Å². The maximum atomic E-state index is 14.3. The maximum absolute atomic E-state index is 14.3. The van der Waals surface area contributed by atoms with E-state index in [0.29, 0.717) is 35.7 Å². The van der Waals surface area contributed by atoms with Gasteiger partial charge in [-0.05, 0) is 99.7 Å². The first-order valence-corrected chi connectivity index (χ1v) is 17.3. The van der Waals surface area contributed by atoms with Crippen molar-refractivity contribution in [3.05, 3.63) is 47.5 Å². The molecule has 0 spiro atoms. The molecule has 234 valence electrons. The van der Waals surface area contributed by atoms with Crippen LogP contribution in [0.5, 0.6) is 0 Å². The number of nitrogens with zero attached hydrogens (tertiary/aromatic N) is 5. The van der Waals surface area contributed by atoms with E-state index in [9.17, 15) is 9.59 Å². The molecule has 3 heterocycles. The van der Waals surface area contributed by atoms with E-state index in [1.165, 1.54) is 32.1 Å². The zero-order chi connectivity index (χ0) is 29.6. The third-order valence-electron chi connectivity index (χ3n) is 11.1. The van der Waals surface area contributed by atoms with Gasteiger partial charge >= 0.3 is 0 Å². The Labute approximate surface area is 261 Å². The summed E-state index contributed by atoms with van der Waals surface area (Å²) < 4.78 is 2.02. The molecule has 1 N–H and O–H groups in total. The minimum Gasteiger partial charge on any atom is -0.341 e. The molecule has 9 heteroatoms. The molecule has 2 saturated heterocycles. The molecule has 8 nitrogen and oxygen atoms in total. The maximum Gasteiger partial charge on any atom is 0.240 e. The smallest absolute Gasteiger partial charge is 0.240 e. The minimum atomic E-state index is -0.267. The van der Waals surface area contributed by atoms with Crippen LogP contribution in [-0.4, -0.2) is 74.1 Å². The van der Waals surface area contributed by atoms with Gasteiger partial charge in [0.15, 0.2) is 0 Å². The van der Waals surface area contributed by atoms with Crippen LogP contribution in [0.1, 0.15) is 95.5 Å². The van der Waals surface area contributed by atoms with E-state index in [0.717, 1.165) is 83.1 Å². The van der Waals surface area contributed by atoms with Gasteiger partial charge in [-0.25, -0.2) is 4.98 Å². The lowest BCUT2D eigenvalue weighted by Gasteiger charge is -2.48. The first kappa shape index (κ1) is 30.6. The summed E-state index contributed by atoms with van der Waals surface area (Å²) in [5, 5.41) is 9.01. The van der Waals surface area contributed by atoms with E-state index in [4.69, 9.17) is 11.6 Å². The number of nitrogens with one attached hydrogen (secondary N) is 1. The normalized spacial score (nSPS) is 25.9. The summed E-state index contributed by atoms with van der Waals surface area (Å²) in [5.41, 5.74) is 1.30. The van der Waals surface area contributed by atoms with Crippen LogP contribution in [0.4, 0.5) is 0 Å². The van der Waals surface area contributed by atoms with E-state index in [1.807, 2.05) is 35.3 Å². The lowest BCUT2D eigenvalue weighted by Crippen LogP contribution is -2.56. The Morgan fingerprint density at radius 1 is 0.953 bits per heavy atom. The number of aromatic nitrogens is 3. The molecule has 4 fully saturated rings. The number of rotatable bonds is 9. The molecule has 0 bridgehead atoms. The van der Waals surface area contributed by atoms with Crippen LogP contribution in [0.2, 0.25) is 5.02 Å². The average molecular weight is 609 g/mol. The molecule has 6 rings (SSSR count). The fourth-order valence-corrected chi connectivity index (χ4v) is 8.69. The molecule has 4 aliphatic rings. The Bertz CT molecular complexity index is 1180. The van der Waals surface area contributed by atoms with Crippen LogP contribution in [0, 0.1) is 11.3 Å². The summed E-state index contributed by atoms with van der Waals surface area (Å²) in [6.45, 7) is 3.40. The molecule has 2 aromatic rings. The van der Waals surface area contributed by atoms with Crippen molar-refractivity contribution in [3.8, 4) is 0 Å². The summed E-state index contributed by atoms with van der Waals surface area (Å²) in [6, 6.07) is 8.31. The molecule has 0 unspecified atom stereocenters. The number of hydrogen-bond acceptors (Lipinski definition) is 5. The van der Waals surface area contributed by atoms with E-state index in [2.05, 4.69) is 25.2 Å². The van der Waals surface area contributed by atoms with Crippen molar-refractivity contribution in [1.29, 1.82) is 0 Å². The van der Waals surface area contributed by atoms with Crippen molar-refractivity contribution in [2.75, 3.05) is 19.6 Å². The first-order chi connectivity index (χ1) is 21.0. The highest BCUT2D eigenvalue weighted by Crippen LogP contribution is 2.47. The zero-order valence-corrected chi connectivity index (χ0v) is 26.4. The molecule has 2 aliphatic heterocycles. The average Bonchev–Trinajstić information content (AvgIpc) is 3.56. The Morgan fingerprint density at radius 3 is 2.37 bits per heavy atom. The fourth-order valence-electron chi connectivity index (χ4n) is 8.57. The highest BCUT2D eigenvalue weighted by molar-refractivity contribution is 6.30. The highest BCUT2D eigenvalue weighted by atomic mass is 35.5. The molecule has 1 aromatic carbocycles. The van der Waals surface area contributed by atoms with Crippen molar-refractivity contribution in [2.45, 2.75) is 121 Å². The number of piperidine rings is 2. The topological polar surface area (TPSA) is 83.4 Å². The molecule has 1 aromatic heterocycles. The lowest BCUT2D eigenvalue weighted by molar-refractivity contribution is -0.137. The Kier molecular flexibility index (Phi) is 10.0. The monoisotopic (exact) mass is 608 g/mol. The van der Waals surface area contributed by atoms with Crippen LogP contribution >= 0.6 is 11.6 Å². The number of carbonyl (C=O) groups excluding carboxylic acids is 2. The predicted molar refractivity (Wildman–Crippen MR) is 169 cm³/mol. The lowest BCUT2D eigenvalue weighted by atomic mass is 9.63. The van der Waals surface area contributed by atoms with Gasteiger partial charge in [-0.15, -0.1) is 0 Å². The summed E-state index contributed by atoms with van der Waals surface area (Å²) in [4.78, 5) is 35.3. The quantitative estimate of drug-likeness (QED) is 0.398. The third-order valence-corrected chi connectivity index (χ3v) is 11.3. The van der Waals surface area contributed by atoms with E-state index in [-0.39, 0.29) is 23.4 Å². The number of carbonyl (C=O) groups is 2.